The average Bonchev–Trinajstić information content (AvgIpc) is 2.12. The average molecular weight is 220 g/mol. The van der Waals surface area contributed by atoms with E-state index in [2.05, 4.69) is 0 Å². The predicted molar refractivity (Wildman–Crippen MR) is 50.2 cm³/mol. The number of aliphatic hydroxyl groups excluding tert-OH is 2. The fourth-order valence-electron chi connectivity index (χ4n) is 1.03. The number of aliphatic hydroxyl groups is 3. The highest BCUT2D eigenvalue weighted by Crippen LogP contribution is 2.17. The zero-order valence-electron chi connectivity index (χ0n) is 8.67. The lowest BCUT2D eigenvalue weighted by molar-refractivity contribution is -0.166. The summed E-state index contributed by atoms with van der Waals surface area (Å²) in [4.78, 5) is 21.5. The second kappa shape index (κ2) is 5.20. The van der Waals surface area contributed by atoms with Gasteiger partial charge in [0, 0.05) is 0 Å². The summed E-state index contributed by atoms with van der Waals surface area (Å²) in [5.74, 6) is -2.54. The molecular weight excluding hydrogens is 204 g/mol. The van der Waals surface area contributed by atoms with Crippen LogP contribution in [0.5, 0.6) is 0 Å². The minimum Gasteiger partial charge on any atom is -0.479 e. The van der Waals surface area contributed by atoms with Crippen LogP contribution in [0, 0.1) is 0 Å². The minimum atomic E-state index is -2.48. The highest BCUT2D eigenvalue weighted by atomic mass is 16.4. The van der Waals surface area contributed by atoms with Gasteiger partial charge in [-0.25, -0.2) is 4.79 Å². The monoisotopic (exact) mass is 220 g/mol. The number of aliphatic carboxylic acids is 1. The van der Waals surface area contributed by atoms with Gasteiger partial charge in [-0.3, -0.25) is 4.79 Å². The van der Waals surface area contributed by atoms with Gasteiger partial charge in [0.25, 0.3) is 0 Å². The molecule has 0 aromatic carbocycles. The molecule has 0 fully saturated rings. The van der Waals surface area contributed by atoms with Crippen LogP contribution < -0.4 is 0 Å². The Labute approximate surface area is 87.2 Å². The quantitative estimate of drug-likeness (QED) is 0.423. The fourth-order valence-corrected chi connectivity index (χ4v) is 1.03. The standard InChI is InChI=1S/C9H16O6/c1-5(10)7(12)3-4-9(15,6(2)11)8(13)14/h5,7,10,12,15H,3-4H2,1-2H3,(H,13,14). The van der Waals surface area contributed by atoms with E-state index in [9.17, 15) is 19.8 Å². The molecule has 0 aliphatic heterocycles. The van der Waals surface area contributed by atoms with E-state index in [1.165, 1.54) is 6.92 Å². The van der Waals surface area contributed by atoms with Crippen LogP contribution in [0.25, 0.3) is 0 Å². The number of Topliss-reactive ketones (excluding diaryl/α,β-unsaturated/α-hetero) is 1. The number of carbonyl (C=O) groups is 2. The Kier molecular flexibility index (Phi) is 4.86. The molecule has 0 bridgehead atoms. The summed E-state index contributed by atoms with van der Waals surface area (Å²) in [6.45, 7) is 2.29. The van der Waals surface area contributed by atoms with E-state index in [4.69, 9.17) is 10.2 Å². The summed E-state index contributed by atoms with van der Waals surface area (Å²) >= 11 is 0. The molecule has 0 heterocycles. The van der Waals surface area contributed by atoms with Crippen LogP contribution in [-0.2, 0) is 9.59 Å². The Morgan fingerprint density at radius 1 is 1.33 bits per heavy atom. The van der Waals surface area contributed by atoms with Crippen molar-refractivity contribution in [3.63, 3.8) is 0 Å². The maximum absolute atomic E-state index is 10.9. The third-order valence-corrected chi connectivity index (χ3v) is 2.29. The lowest BCUT2D eigenvalue weighted by atomic mass is 9.91. The minimum absolute atomic E-state index is 0.167. The molecule has 0 rings (SSSR count). The van der Waals surface area contributed by atoms with Gasteiger partial charge in [0.15, 0.2) is 5.78 Å². The van der Waals surface area contributed by atoms with Gasteiger partial charge in [-0.1, -0.05) is 0 Å². The van der Waals surface area contributed by atoms with Crippen LogP contribution in [0.2, 0.25) is 0 Å². The van der Waals surface area contributed by atoms with E-state index < -0.39 is 36.0 Å². The Bertz CT molecular complexity index is 233. The number of rotatable bonds is 6. The molecule has 6 nitrogen and oxygen atoms in total. The molecule has 0 radical (unpaired) electrons. The first-order valence-electron chi connectivity index (χ1n) is 4.54. The number of carboxylic acid groups (broad SMARTS) is 1. The molecule has 0 aliphatic carbocycles. The molecule has 88 valence electrons. The molecule has 15 heavy (non-hydrogen) atoms. The van der Waals surface area contributed by atoms with Gasteiger partial charge in [0.05, 0.1) is 12.2 Å². The van der Waals surface area contributed by atoms with Crippen LogP contribution in [0.15, 0.2) is 0 Å². The number of carbonyl (C=O) groups excluding carboxylic acids is 1. The first-order valence-corrected chi connectivity index (χ1v) is 4.54. The van der Waals surface area contributed by atoms with E-state index in [0.29, 0.717) is 0 Å². The van der Waals surface area contributed by atoms with E-state index in [0.717, 1.165) is 6.92 Å². The first kappa shape index (κ1) is 14.0. The second-order valence-corrected chi connectivity index (χ2v) is 3.57. The number of ketones is 1. The molecule has 6 heteroatoms. The van der Waals surface area contributed by atoms with Gasteiger partial charge in [-0.2, -0.15) is 0 Å². The Hall–Kier alpha value is -0.980. The van der Waals surface area contributed by atoms with Gasteiger partial charge >= 0.3 is 5.97 Å². The predicted octanol–water partition coefficient (Wildman–Crippen LogP) is -1.09. The lowest BCUT2D eigenvalue weighted by Gasteiger charge is -2.22. The molecule has 0 saturated heterocycles. The summed E-state index contributed by atoms with van der Waals surface area (Å²) in [5.41, 5.74) is -2.48. The van der Waals surface area contributed by atoms with Crippen LogP contribution in [-0.4, -0.2) is 50.0 Å². The lowest BCUT2D eigenvalue weighted by Crippen LogP contribution is -2.46. The van der Waals surface area contributed by atoms with Gasteiger partial charge in [-0.05, 0) is 26.7 Å². The van der Waals surface area contributed by atoms with Crippen LogP contribution in [0.1, 0.15) is 26.7 Å². The van der Waals surface area contributed by atoms with Gasteiger partial charge in [0.1, 0.15) is 0 Å². The summed E-state index contributed by atoms with van der Waals surface area (Å²) in [6, 6.07) is 0. The van der Waals surface area contributed by atoms with Crippen molar-refractivity contribution < 1.29 is 30.0 Å². The van der Waals surface area contributed by atoms with Crippen molar-refractivity contribution in [1.82, 2.24) is 0 Å². The first-order chi connectivity index (χ1) is 6.71. The molecule has 0 aromatic rings. The summed E-state index contributed by atoms with van der Waals surface area (Å²) in [7, 11) is 0. The third-order valence-electron chi connectivity index (χ3n) is 2.29. The fraction of sp³-hybridized carbons (Fsp3) is 0.778. The van der Waals surface area contributed by atoms with Crippen LogP contribution in [0.4, 0.5) is 0 Å². The van der Waals surface area contributed by atoms with E-state index in [1.807, 2.05) is 0 Å². The van der Waals surface area contributed by atoms with E-state index in [-0.39, 0.29) is 6.42 Å². The highest BCUT2D eigenvalue weighted by Gasteiger charge is 2.41. The van der Waals surface area contributed by atoms with Gasteiger partial charge < -0.3 is 20.4 Å². The zero-order chi connectivity index (χ0) is 12.2. The van der Waals surface area contributed by atoms with Crippen molar-refractivity contribution >= 4 is 11.8 Å². The molecule has 4 N–H and O–H groups in total. The number of hydrogen-bond acceptors (Lipinski definition) is 5. The van der Waals surface area contributed by atoms with Gasteiger partial charge in [0.2, 0.25) is 5.60 Å². The molecule has 3 atom stereocenters. The summed E-state index contributed by atoms with van der Waals surface area (Å²) in [5, 5.41) is 36.2. The number of carboxylic acids is 1. The molecule has 0 aromatic heterocycles. The summed E-state index contributed by atoms with van der Waals surface area (Å²) in [6.07, 6.45) is -2.78. The van der Waals surface area contributed by atoms with E-state index >= 15 is 0 Å². The maximum Gasteiger partial charge on any atom is 0.343 e. The van der Waals surface area contributed by atoms with Crippen molar-refractivity contribution in [3.8, 4) is 0 Å². The number of hydrogen-bond donors (Lipinski definition) is 4. The molecular formula is C9H16O6. The highest BCUT2D eigenvalue weighted by molar-refractivity contribution is 6.04. The Balaban J connectivity index is 4.46. The largest absolute Gasteiger partial charge is 0.479 e. The Morgan fingerprint density at radius 3 is 2.07 bits per heavy atom. The molecule has 0 amide bonds. The topological polar surface area (TPSA) is 115 Å². The SMILES string of the molecule is CC(=O)C(O)(CCC(O)C(C)O)C(=O)O. The summed E-state index contributed by atoms with van der Waals surface area (Å²) < 4.78 is 0. The van der Waals surface area contributed by atoms with Crippen molar-refractivity contribution in [2.24, 2.45) is 0 Å². The molecule has 0 saturated carbocycles. The smallest absolute Gasteiger partial charge is 0.343 e. The zero-order valence-corrected chi connectivity index (χ0v) is 8.67. The molecule has 3 unspecified atom stereocenters. The van der Waals surface area contributed by atoms with Crippen LogP contribution >= 0.6 is 0 Å². The van der Waals surface area contributed by atoms with Crippen molar-refractivity contribution in [1.29, 1.82) is 0 Å². The second-order valence-electron chi connectivity index (χ2n) is 3.57. The third kappa shape index (κ3) is 3.58. The maximum atomic E-state index is 10.9. The molecule has 0 spiro atoms. The van der Waals surface area contributed by atoms with E-state index in [1.54, 1.807) is 0 Å². The van der Waals surface area contributed by atoms with Crippen molar-refractivity contribution in [2.45, 2.75) is 44.5 Å². The Morgan fingerprint density at radius 2 is 1.80 bits per heavy atom. The normalized spacial score (nSPS) is 19.0. The van der Waals surface area contributed by atoms with Crippen molar-refractivity contribution in [2.75, 3.05) is 0 Å². The van der Waals surface area contributed by atoms with Crippen LogP contribution in [0.3, 0.4) is 0 Å². The van der Waals surface area contributed by atoms with Crippen molar-refractivity contribution in [3.05, 3.63) is 0 Å². The van der Waals surface area contributed by atoms with Gasteiger partial charge in [-0.15, -0.1) is 0 Å². The molecule has 0 aliphatic rings.